The van der Waals surface area contributed by atoms with Crippen molar-refractivity contribution < 1.29 is 19.8 Å². The summed E-state index contributed by atoms with van der Waals surface area (Å²) >= 11 is 0. The van der Waals surface area contributed by atoms with Gasteiger partial charge in [0.25, 0.3) is 0 Å². The normalized spacial score (nSPS) is 49.8. The van der Waals surface area contributed by atoms with Crippen LogP contribution in [0.15, 0.2) is 23.8 Å². The number of likely N-dealkylation sites (tertiary alicyclic amines) is 1. The Labute approximate surface area is 178 Å². The van der Waals surface area contributed by atoms with Crippen LogP contribution >= 0.6 is 0 Å². The predicted octanol–water partition coefficient (Wildman–Crippen LogP) is 2.62. The summed E-state index contributed by atoms with van der Waals surface area (Å²) in [5, 5.41) is 21.3. The van der Waals surface area contributed by atoms with E-state index in [0.717, 1.165) is 18.4 Å². The first-order chi connectivity index (χ1) is 14.2. The van der Waals surface area contributed by atoms with E-state index in [0.29, 0.717) is 63.3 Å². The second-order valence-electron chi connectivity index (χ2n) is 11.4. The second kappa shape index (κ2) is 5.86. The van der Waals surface area contributed by atoms with Gasteiger partial charge in [0.1, 0.15) is 5.78 Å². The summed E-state index contributed by atoms with van der Waals surface area (Å²) < 4.78 is 0. The molecule has 1 amide bonds. The molecule has 2 N–H and O–H groups in total. The summed E-state index contributed by atoms with van der Waals surface area (Å²) in [6, 6.07) is 0. The number of ketones is 1. The lowest BCUT2D eigenvalue weighted by atomic mass is 9.48. The molecular formula is C25H33NO4. The predicted molar refractivity (Wildman–Crippen MR) is 111 cm³/mol. The van der Waals surface area contributed by atoms with Crippen LogP contribution < -0.4 is 0 Å². The summed E-state index contributed by atoms with van der Waals surface area (Å²) in [5.41, 5.74) is 0.632. The molecule has 2 bridgehead atoms. The molecule has 7 unspecified atom stereocenters. The highest BCUT2D eigenvalue weighted by Crippen LogP contribution is 2.75. The summed E-state index contributed by atoms with van der Waals surface area (Å²) in [7, 11) is 0. The van der Waals surface area contributed by atoms with Gasteiger partial charge in [-0.05, 0) is 67.8 Å². The average molecular weight is 412 g/mol. The van der Waals surface area contributed by atoms with Crippen LogP contribution in [0.3, 0.4) is 0 Å². The van der Waals surface area contributed by atoms with Gasteiger partial charge >= 0.3 is 0 Å². The Hall–Kier alpha value is -1.46. The Balaban J connectivity index is 1.48. The van der Waals surface area contributed by atoms with Gasteiger partial charge in [0, 0.05) is 30.8 Å². The van der Waals surface area contributed by atoms with Gasteiger partial charge in [-0.3, -0.25) is 9.59 Å². The molecule has 1 aliphatic heterocycles. The fraction of sp³-hybridized carbons (Fsp3) is 0.760. The van der Waals surface area contributed by atoms with Crippen LogP contribution in [0.25, 0.3) is 0 Å². The summed E-state index contributed by atoms with van der Waals surface area (Å²) in [6.07, 6.45) is 7.79. The quantitative estimate of drug-likeness (QED) is 0.650. The number of carbonyl (C=O) groups excluding carboxylic acids is 2. The van der Waals surface area contributed by atoms with Crippen LogP contribution in [0.1, 0.15) is 58.3 Å². The average Bonchev–Trinajstić information content (AvgIpc) is 3.10. The zero-order valence-corrected chi connectivity index (χ0v) is 17.9. The van der Waals surface area contributed by atoms with Gasteiger partial charge < -0.3 is 15.1 Å². The minimum Gasteiger partial charge on any atom is -0.393 e. The topological polar surface area (TPSA) is 77.8 Å². The van der Waals surface area contributed by atoms with Crippen molar-refractivity contribution in [3.8, 4) is 0 Å². The smallest absolute Gasteiger partial charge is 0.226 e. The number of Topliss-reactive ketones (excluding diaryl/α,β-unsaturated/α-hetero) is 1. The van der Waals surface area contributed by atoms with E-state index in [4.69, 9.17) is 0 Å². The van der Waals surface area contributed by atoms with E-state index < -0.39 is 11.0 Å². The molecular weight excluding hydrogens is 378 g/mol. The van der Waals surface area contributed by atoms with Crippen molar-refractivity contribution in [3.05, 3.63) is 23.8 Å². The Morgan fingerprint density at radius 2 is 2.00 bits per heavy atom. The van der Waals surface area contributed by atoms with Crippen molar-refractivity contribution in [3.63, 3.8) is 0 Å². The molecule has 0 radical (unpaired) electrons. The Morgan fingerprint density at radius 3 is 2.70 bits per heavy atom. The van der Waals surface area contributed by atoms with Gasteiger partial charge in [0.2, 0.25) is 5.91 Å². The molecule has 1 spiro atoms. The second-order valence-corrected chi connectivity index (χ2v) is 11.4. The summed E-state index contributed by atoms with van der Waals surface area (Å²) in [5.74, 6) is 0.801. The van der Waals surface area contributed by atoms with E-state index in [2.05, 4.69) is 19.6 Å². The van der Waals surface area contributed by atoms with Crippen LogP contribution in [0.2, 0.25) is 0 Å². The molecule has 5 nitrogen and oxygen atoms in total. The zero-order valence-electron chi connectivity index (χ0n) is 17.9. The molecule has 0 aromatic carbocycles. The van der Waals surface area contributed by atoms with Gasteiger partial charge in [-0.25, -0.2) is 0 Å². The Morgan fingerprint density at radius 1 is 1.27 bits per heavy atom. The van der Waals surface area contributed by atoms with Gasteiger partial charge in [-0.1, -0.05) is 25.2 Å². The number of fused-ring (bicyclic) bond motifs is 5. The van der Waals surface area contributed by atoms with Crippen LogP contribution in [-0.4, -0.2) is 51.6 Å². The highest BCUT2D eigenvalue weighted by molar-refractivity contribution is 5.94. The highest BCUT2D eigenvalue weighted by Gasteiger charge is 2.74. The number of carbonyl (C=O) groups is 2. The summed E-state index contributed by atoms with van der Waals surface area (Å²) in [6.45, 7) is 7.53. The van der Waals surface area contributed by atoms with Crippen molar-refractivity contribution in [2.24, 2.45) is 34.5 Å². The van der Waals surface area contributed by atoms with Gasteiger partial charge in [0.05, 0.1) is 17.6 Å². The summed E-state index contributed by atoms with van der Waals surface area (Å²) in [4.78, 5) is 29.1. The molecule has 1 saturated heterocycles. The molecule has 7 atom stereocenters. The standard InChI is InChI=1S/C25H33NO4/c1-14-12-24-13-25(14,30)8-5-18(24)17-4-3-15-11-19(28)23(15,2)20(17)21(24)22(29)26-9-6-16(27)7-10-26/h4,15-16,18,20-21,27,30H,1,3,5-13H2,2H3. The van der Waals surface area contributed by atoms with Crippen LogP contribution in [-0.2, 0) is 9.59 Å². The van der Waals surface area contributed by atoms with E-state index in [9.17, 15) is 19.8 Å². The number of hydrogen-bond donors (Lipinski definition) is 2. The first-order valence-electron chi connectivity index (χ1n) is 11.8. The maximum atomic E-state index is 14.1. The number of nitrogens with zero attached hydrogens (tertiary/aromatic N) is 1. The minimum atomic E-state index is -0.856. The first kappa shape index (κ1) is 19.2. The Bertz CT molecular complexity index is 886. The van der Waals surface area contributed by atoms with Gasteiger partial charge in [0.15, 0.2) is 0 Å². The van der Waals surface area contributed by atoms with E-state index in [1.807, 2.05) is 4.90 Å². The van der Waals surface area contributed by atoms with Crippen molar-refractivity contribution in [1.29, 1.82) is 0 Å². The fourth-order valence-corrected chi connectivity index (χ4v) is 8.57. The number of rotatable bonds is 1. The van der Waals surface area contributed by atoms with Crippen molar-refractivity contribution in [2.75, 3.05) is 13.1 Å². The fourth-order valence-electron chi connectivity index (χ4n) is 8.57. The molecule has 6 aliphatic rings. The lowest BCUT2D eigenvalue weighted by Crippen LogP contribution is -2.58. The third-order valence-electron chi connectivity index (χ3n) is 10.3. The number of piperidine rings is 1. The van der Waals surface area contributed by atoms with Gasteiger partial charge in [-0.15, -0.1) is 0 Å². The maximum Gasteiger partial charge on any atom is 0.226 e. The molecule has 162 valence electrons. The third kappa shape index (κ3) is 2.11. The number of allylic oxidation sites excluding steroid dienone is 2. The van der Waals surface area contributed by atoms with Crippen LogP contribution in [0, 0.1) is 34.5 Å². The van der Waals surface area contributed by atoms with Crippen molar-refractivity contribution in [1.82, 2.24) is 4.90 Å². The SMILES string of the molecule is C=C1CC23CC1(O)CCC2C1=CCC2CC(=O)C2(C)C1C3C(=O)N1CCC(O)CC1. The molecule has 4 saturated carbocycles. The lowest BCUT2D eigenvalue weighted by molar-refractivity contribution is -0.159. The minimum absolute atomic E-state index is 0.0323. The molecule has 1 heterocycles. The molecule has 30 heavy (non-hydrogen) atoms. The maximum absolute atomic E-state index is 14.1. The Kier molecular flexibility index (Phi) is 3.76. The van der Waals surface area contributed by atoms with E-state index in [1.54, 1.807) is 0 Å². The molecule has 5 aliphatic carbocycles. The van der Waals surface area contributed by atoms with E-state index in [-0.39, 0.29) is 35.2 Å². The number of hydrogen-bond acceptors (Lipinski definition) is 4. The lowest BCUT2D eigenvalue weighted by Gasteiger charge is -2.54. The van der Waals surface area contributed by atoms with Crippen molar-refractivity contribution in [2.45, 2.75) is 70.0 Å². The largest absolute Gasteiger partial charge is 0.393 e. The molecule has 5 fully saturated rings. The zero-order chi connectivity index (χ0) is 21.1. The highest BCUT2D eigenvalue weighted by atomic mass is 16.3. The third-order valence-corrected chi connectivity index (χ3v) is 10.3. The number of aliphatic hydroxyl groups is 2. The molecule has 0 aromatic heterocycles. The first-order valence-corrected chi connectivity index (χ1v) is 11.8. The van der Waals surface area contributed by atoms with Gasteiger partial charge in [-0.2, -0.15) is 0 Å². The molecule has 0 aromatic rings. The molecule has 6 rings (SSSR count). The van der Waals surface area contributed by atoms with E-state index >= 15 is 0 Å². The number of aliphatic hydroxyl groups excluding tert-OH is 1. The van der Waals surface area contributed by atoms with Crippen LogP contribution in [0.5, 0.6) is 0 Å². The van der Waals surface area contributed by atoms with E-state index in [1.165, 1.54) is 5.57 Å². The van der Waals surface area contributed by atoms with Crippen LogP contribution in [0.4, 0.5) is 0 Å². The van der Waals surface area contributed by atoms with Crippen molar-refractivity contribution >= 4 is 11.7 Å². The number of amides is 1. The monoisotopic (exact) mass is 411 g/mol. The molecule has 5 heteroatoms.